The Morgan fingerprint density at radius 2 is 2.25 bits per heavy atom. The maximum atomic E-state index is 11.6. The van der Waals surface area contributed by atoms with Gasteiger partial charge in [0.05, 0.1) is 4.88 Å². The average molecular weight is 249 g/mol. The van der Waals surface area contributed by atoms with Crippen molar-refractivity contribution in [3.63, 3.8) is 0 Å². The minimum Gasteiger partial charge on any atom is -0.270 e. The summed E-state index contributed by atoms with van der Waals surface area (Å²) in [6.07, 6.45) is 0. The molecule has 0 aliphatic carbocycles. The van der Waals surface area contributed by atoms with Crippen LogP contribution >= 0.6 is 23.1 Å². The lowest BCUT2D eigenvalue weighted by Gasteiger charge is -2.08. The number of fused-ring (bicyclic) bond motifs is 1. The molecular formula is C10H7N3OS2. The standard InChI is InChI=1S/C10H7N3OS2/c1-5-11-8(14)7-10(12-5)16-9(13-7)6-3-2-4-15-6/h2-4,7H,1H3. The number of amidine groups is 1. The summed E-state index contributed by atoms with van der Waals surface area (Å²) in [7, 11) is 0. The molecule has 6 heteroatoms. The van der Waals surface area contributed by atoms with E-state index in [1.165, 1.54) is 11.8 Å². The van der Waals surface area contributed by atoms with Gasteiger partial charge in [0.1, 0.15) is 15.9 Å². The highest BCUT2D eigenvalue weighted by molar-refractivity contribution is 8.27. The summed E-state index contributed by atoms with van der Waals surface area (Å²) >= 11 is 3.08. The van der Waals surface area contributed by atoms with Crippen molar-refractivity contribution in [2.75, 3.05) is 0 Å². The monoisotopic (exact) mass is 249 g/mol. The van der Waals surface area contributed by atoms with Crippen LogP contribution in [0.25, 0.3) is 0 Å². The lowest BCUT2D eigenvalue weighted by atomic mass is 10.3. The fourth-order valence-corrected chi connectivity index (χ4v) is 3.37. The largest absolute Gasteiger partial charge is 0.279 e. The quantitative estimate of drug-likeness (QED) is 0.764. The second-order valence-corrected chi connectivity index (χ2v) is 5.32. The molecule has 3 heterocycles. The molecule has 16 heavy (non-hydrogen) atoms. The van der Waals surface area contributed by atoms with Crippen LogP contribution in [-0.2, 0) is 4.79 Å². The number of hydrogen-bond donors (Lipinski definition) is 0. The molecular weight excluding hydrogens is 242 g/mol. The zero-order valence-corrected chi connectivity index (χ0v) is 10.0. The predicted molar refractivity (Wildman–Crippen MR) is 67.8 cm³/mol. The van der Waals surface area contributed by atoms with Crippen molar-refractivity contribution in [1.29, 1.82) is 0 Å². The van der Waals surface area contributed by atoms with Gasteiger partial charge in [-0.1, -0.05) is 17.8 Å². The molecule has 0 saturated carbocycles. The molecule has 0 radical (unpaired) electrons. The molecule has 1 atom stereocenters. The van der Waals surface area contributed by atoms with Gasteiger partial charge < -0.3 is 0 Å². The maximum absolute atomic E-state index is 11.6. The average Bonchev–Trinajstić information content (AvgIpc) is 2.82. The van der Waals surface area contributed by atoms with Crippen LogP contribution in [0, 0.1) is 0 Å². The van der Waals surface area contributed by atoms with Crippen molar-refractivity contribution in [1.82, 2.24) is 0 Å². The van der Waals surface area contributed by atoms with Crippen LogP contribution in [0.5, 0.6) is 0 Å². The number of amides is 1. The van der Waals surface area contributed by atoms with Gasteiger partial charge >= 0.3 is 0 Å². The molecule has 1 amide bonds. The lowest BCUT2D eigenvalue weighted by molar-refractivity contribution is -0.117. The zero-order chi connectivity index (χ0) is 11.1. The summed E-state index contributed by atoms with van der Waals surface area (Å²) in [4.78, 5) is 25.1. The second kappa shape index (κ2) is 3.64. The first-order valence-corrected chi connectivity index (χ1v) is 6.41. The SMILES string of the molecule is CC1=NC(=O)C2N=C(c3cccs3)SC2=N1. The Morgan fingerprint density at radius 1 is 1.38 bits per heavy atom. The maximum Gasteiger partial charge on any atom is 0.279 e. The summed E-state index contributed by atoms with van der Waals surface area (Å²) < 4.78 is 0. The van der Waals surface area contributed by atoms with Crippen LogP contribution in [0.1, 0.15) is 11.8 Å². The molecule has 2 aliphatic rings. The first-order valence-electron chi connectivity index (χ1n) is 4.71. The van der Waals surface area contributed by atoms with Crippen LogP contribution in [0.3, 0.4) is 0 Å². The van der Waals surface area contributed by atoms with Gasteiger partial charge in [-0.3, -0.25) is 9.79 Å². The van der Waals surface area contributed by atoms with Gasteiger partial charge in [0, 0.05) is 0 Å². The second-order valence-electron chi connectivity index (χ2n) is 3.36. The van der Waals surface area contributed by atoms with Crippen molar-refractivity contribution < 1.29 is 4.79 Å². The Morgan fingerprint density at radius 3 is 3.00 bits per heavy atom. The molecule has 1 aromatic heterocycles. The molecule has 80 valence electrons. The van der Waals surface area contributed by atoms with Crippen LogP contribution in [0.2, 0.25) is 0 Å². The summed E-state index contributed by atoms with van der Waals surface area (Å²) in [6.45, 7) is 1.73. The first-order chi connectivity index (χ1) is 7.74. The third kappa shape index (κ3) is 1.54. The van der Waals surface area contributed by atoms with Crippen molar-refractivity contribution in [2.45, 2.75) is 13.0 Å². The molecule has 0 fully saturated rings. The van der Waals surface area contributed by atoms with E-state index in [1.54, 1.807) is 18.3 Å². The van der Waals surface area contributed by atoms with Gasteiger partial charge in [-0.15, -0.1) is 11.3 Å². The van der Waals surface area contributed by atoms with E-state index in [9.17, 15) is 4.79 Å². The summed E-state index contributed by atoms with van der Waals surface area (Å²) in [6, 6.07) is 3.47. The molecule has 0 bridgehead atoms. The van der Waals surface area contributed by atoms with Crippen LogP contribution in [-0.4, -0.2) is 27.9 Å². The number of carbonyl (C=O) groups is 1. The first kappa shape index (κ1) is 9.92. The number of aliphatic imine (C=N–C) groups is 3. The normalized spacial score (nSPS) is 23.7. The van der Waals surface area contributed by atoms with Crippen molar-refractivity contribution in [3.05, 3.63) is 22.4 Å². The third-order valence-electron chi connectivity index (χ3n) is 2.19. The van der Waals surface area contributed by atoms with E-state index in [0.717, 1.165) is 15.0 Å². The Bertz CT molecular complexity index is 542. The summed E-state index contributed by atoms with van der Waals surface area (Å²) in [5, 5.41) is 3.61. The Balaban J connectivity index is 1.98. The van der Waals surface area contributed by atoms with Crippen molar-refractivity contribution in [3.8, 4) is 0 Å². The molecule has 2 aliphatic heterocycles. The minimum atomic E-state index is -0.495. The van der Waals surface area contributed by atoms with E-state index in [1.807, 2.05) is 17.5 Å². The molecule has 1 aromatic rings. The smallest absolute Gasteiger partial charge is 0.270 e. The van der Waals surface area contributed by atoms with E-state index >= 15 is 0 Å². The molecule has 0 N–H and O–H groups in total. The Labute approximate surface area is 100 Å². The molecule has 4 nitrogen and oxygen atoms in total. The summed E-state index contributed by atoms with van der Waals surface area (Å²) in [5.41, 5.74) is 0. The number of nitrogens with zero attached hydrogens (tertiary/aromatic N) is 3. The Hall–Kier alpha value is -1.27. The van der Waals surface area contributed by atoms with E-state index in [0.29, 0.717) is 5.84 Å². The Kier molecular flexibility index (Phi) is 2.26. The predicted octanol–water partition coefficient (Wildman–Crippen LogP) is 1.97. The van der Waals surface area contributed by atoms with Crippen LogP contribution < -0.4 is 0 Å². The highest BCUT2D eigenvalue weighted by Crippen LogP contribution is 2.30. The minimum absolute atomic E-state index is 0.207. The van der Waals surface area contributed by atoms with Crippen LogP contribution in [0.15, 0.2) is 32.5 Å². The zero-order valence-electron chi connectivity index (χ0n) is 8.38. The van der Waals surface area contributed by atoms with E-state index < -0.39 is 6.04 Å². The van der Waals surface area contributed by atoms with Crippen molar-refractivity contribution in [2.24, 2.45) is 15.0 Å². The topological polar surface area (TPSA) is 54.1 Å². The van der Waals surface area contributed by atoms with E-state index in [2.05, 4.69) is 15.0 Å². The highest BCUT2D eigenvalue weighted by atomic mass is 32.2. The summed E-state index contributed by atoms with van der Waals surface area (Å²) in [5.74, 6) is 0.313. The van der Waals surface area contributed by atoms with Gasteiger partial charge in [0.15, 0.2) is 6.04 Å². The van der Waals surface area contributed by atoms with Gasteiger partial charge in [0.25, 0.3) is 5.91 Å². The molecule has 3 rings (SSSR count). The van der Waals surface area contributed by atoms with Crippen LogP contribution in [0.4, 0.5) is 0 Å². The van der Waals surface area contributed by atoms with Gasteiger partial charge in [-0.25, -0.2) is 4.99 Å². The number of thiophene rings is 1. The van der Waals surface area contributed by atoms with Gasteiger partial charge in [0.2, 0.25) is 0 Å². The number of hydrogen-bond acceptors (Lipinski definition) is 5. The number of thioether (sulfide) groups is 1. The van der Waals surface area contributed by atoms with E-state index in [-0.39, 0.29) is 5.91 Å². The molecule has 0 saturated heterocycles. The van der Waals surface area contributed by atoms with Gasteiger partial charge in [-0.05, 0) is 18.4 Å². The molecule has 0 aromatic carbocycles. The number of carbonyl (C=O) groups excluding carboxylic acids is 1. The van der Waals surface area contributed by atoms with E-state index in [4.69, 9.17) is 0 Å². The number of rotatable bonds is 1. The third-order valence-corrected chi connectivity index (χ3v) is 4.24. The molecule has 0 spiro atoms. The fourth-order valence-electron chi connectivity index (χ4n) is 1.52. The van der Waals surface area contributed by atoms with Crippen molar-refractivity contribution >= 4 is 44.9 Å². The van der Waals surface area contributed by atoms with Gasteiger partial charge in [-0.2, -0.15) is 4.99 Å². The highest BCUT2D eigenvalue weighted by Gasteiger charge is 2.35. The lowest BCUT2D eigenvalue weighted by Crippen LogP contribution is -2.26. The fraction of sp³-hybridized carbons (Fsp3) is 0.200. The molecule has 1 unspecified atom stereocenters.